The number of benzene rings is 2. The minimum Gasteiger partial charge on any atom is -0.382 e. The number of anilines is 3. The van der Waals surface area contributed by atoms with Crippen LogP contribution in [0.25, 0.3) is 0 Å². The number of nitrogens with two attached hydrogens (primary N) is 1. The van der Waals surface area contributed by atoms with Crippen molar-refractivity contribution in [1.82, 2.24) is 4.98 Å². The number of thiazole rings is 1. The fourth-order valence-corrected chi connectivity index (χ4v) is 3.81. The minimum absolute atomic E-state index is 0.276. The summed E-state index contributed by atoms with van der Waals surface area (Å²) in [5.41, 5.74) is 12.0. The number of fused-ring (bicyclic) bond motifs is 1. The summed E-state index contributed by atoms with van der Waals surface area (Å²) in [6.45, 7) is 4.12. The quantitative estimate of drug-likeness (QED) is 0.661. The molecule has 0 spiro atoms. The van der Waals surface area contributed by atoms with Gasteiger partial charge in [-0.2, -0.15) is 0 Å². The molecule has 124 valence electrons. The molecule has 0 saturated carbocycles. The highest BCUT2D eigenvalue weighted by molar-refractivity contribution is 7.18. The van der Waals surface area contributed by atoms with Crippen molar-refractivity contribution in [3.63, 3.8) is 0 Å². The second kappa shape index (κ2) is 5.82. The van der Waals surface area contributed by atoms with Gasteiger partial charge in [-0.05, 0) is 37.1 Å². The van der Waals surface area contributed by atoms with Crippen LogP contribution in [0.2, 0.25) is 0 Å². The monoisotopic (exact) mass is 347 g/mol. The zero-order valence-corrected chi connectivity index (χ0v) is 14.7. The average molecular weight is 347 g/mol. The molecule has 0 fully saturated rings. The summed E-state index contributed by atoms with van der Waals surface area (Å²) in [6, 6.07) is 13.8. The van der Waals surface area contributed by atoms with Gasteiger partial charge in [0.15, 0.2) is 11.0 Å². The van der Waals surface area contributed by atoms with Crippen LogP contribution in [0.15, 0.2) is 47.5 Å². The third-order valence-corrected chi connectivity index (χ3v) is 5.34. The van der Waals surface area contributed by atoms with Crippen LogP contribution in [0.5, 0.6) is 0 Å². The maximum atomic E-state index is 8.17. The van der Waals surface area contributed by atoms with Gasteiger partial charge in [-0.3, -0.25) is 5.41 Å². The molecule has 6 heteroatoms. The molecule has 25 heavy (non-hydrogen) atoms. The summed E-state index contributed by atoms with van der Waals surface area (Å²) in [4.78, 5) is 9.71. The SMILES string of the molecule is Cc1ccc2c(c1C)C(c1sc(Nc3ccccc3)nc1N)=NC2=N. The van der Waals surface area contributed by atoms with Crippen molar-refractivity contribution >= 4 is 39.5 Å². The molecular formula is C19H17N5S. The molecule has 0 unspecified atom stereocenters. The Labute approximate surface area is 149 Å². The maximum absolute atomic E-state index is 8.17. The Balaban J connectivity index is 1.77. The summed E-state index contributed by atoms with van der Waals surface area (Å²) in [6.07, 6.45) is 0. The van der Waals surface area contributed by atoms with E-state index in [0.717, 1.165) is 33.0 Å². The molecule has 2 aromatic carbocycles. The van der Waals surface area contributed by atoms with Gasteiger partial charge in [-0.25, -0.2) is 9.98 Å². The number of rotatable bonds is 3. The van der Waals surface area contributed by atoms with Gasteiger partial charge in [0, 0.05) is 16.8 Å². The number of aromatic nitrogens is 1. The molecule has 0 atom stereocenters. The van der Waals surface area contributed by atoms with Gasteiger partial charge in [0.1, 0.15) is 5.82 Å². The van der Waals surface area contributed by atoms with Gasteiger partial charge >= 0.3 is 0 Å². The highest BCUT2D eigenvalue weighted by Crippen LogP contribution is 2.35. The molecule has 0 bridgehead atoms. The number of nitrogens with one attached hydrogen (secondary N) is 2. The molecule has 0 saturated heterocycles. The van der Waals surface area contributed by atoms with Crippen LogP contribution in [0, 0.1) is 19.3 Å². The van der Waals surface area contributed by atoms with E-state index in [1.54, 1.807) is 0 Å². The highest BCUT2D eigenvalue weighted by Gasteiger charge is 2.27. The average Bonchev–Trinajstić information content (AvgIpc) is 3.12. The van der Waals surface area contributed by atoms with Gasteiger partial charge in [0.2, 0.25) is 0 Å². The van der Waals surface area contributed by atoms with E-state index in [1.165, 1.54) is 16.9 Å². The predicted molar refractivity (Wildman–Crippen MR) is 105 cm³/mol. The topological polar surface area (TPSA) is 87.2 Å². The summed E-state index contributed by atoms with van der Waals surface area (Å²) in [5, 5.41) is 12.2. The minimum atomic E-state index is 0.276. The van der Waals surface area contributed by atoms with Crippen LogP contribution in [0.4, 0.5) is 16.6 Å². The van der Waals surface area contributed by atoms with Gasteiger partial charge < -0.3 is 11.1 Å². The molecular weight excluding hydrogens is 330 g/mol. The van der Waals surface area contributed by atoms with E-state index in [-0.39, 0.29) is 5.84 Å². The van der Waals surface area contributed by atoms with E-state index >= 15 is 0 Å². The highest BCUT2D eigenvalue weighted by atomic mass is 32.1. The fraction of sp³-hybridized carbons (Fsp3) is 0.105. The Kier molecular flexibility index (Phi) is 3.62. The Morgan fingerprint density at radius 2 is 1.84 bits per heavy atom. The van der Waals surface area contributed by atoms with Crippen LogP contribution in [-0.2, 0) is 0 Å². The van der Waals surface area contributed by atoms with Crippen molar-refractivity contribution < 1.29 is 0 Å². The number of aliphatic imine (C=N–C) groups is 1. The molecule has 0 radical (unpaired) electrons. The molecule has 1 aromatic heterocycles. The van der Waals surface area contributed by atoms with E-state index in [0.29, 0.717) is 10.9 Å². The Bertz CT molecular complexity index is 1020. The van der Waals surface area contributed by atoms with Crippen LogP contribution in [0.3, 0.4) is 0 Å². The second-order valence-electron chi connectivity index (χ2n) is 5.96. The summed E-state index contributed by atoms with van der Waals surface area (Å²) in [5.74, 6) is 0.710. The van der Waals surface area contributed by atoms with E-state index in [2.05, 4.69) is 29.1 Å². The zero-order chi connectivity index (χ0) is 17.6. The van der Waals surface area contributed by atoms with Crippen molar-refractivity contribution in [2.24, 2.45) is 4.99 Å². The first-order valence-corrected chi connectivity index (χ1v) is 8.73. The molecule has 0 amide bonds. The largest absolute Gasteiger partial charge is 0.382 e. The van der Waals surface area contributed by atoms with Gasteiger partial charge in [0.05, 0.1) is 10.6 Å². The number of amidine groups is 1. The standard InChI is InChI=1S/C19H17N5S/c1-10-8-9-13-14(11(10)2)15(23-17(13)20)16-18(21)24-19(25-16)22-12-6-4-3-5-7-12/h3-9,20H,21H2,1-2H3,(H,22,24). The Morgan fingerprint density at radius 1 is 1.08 bits per heavy atom. The number of hydrogen-bond donors (Lipinski definition) is 3. The van der Waals surface area contributed by atoms with E-state index in [4.69, 9.17) is 11.1 Å². The van der Waals surface area contributed by atoms with Crippen molar-refractivity contribution in [2.75, 3.05) is 11.1 Å². The van der Waals surface area contributed by atoms with E-state index in [1.807, 2.05) is 42.5 Å². The van der Waals surface area contributed by atoms with Crippen LogP contribution in [-0.4, -0.2) is 16.5 Å². The molecule has 2 heterocycles. The first-order valence-electron chi connectivity index (χ1n) is 7.91. The lowest BCUT2D eigenvalue weighted by atomic mass is 9.95. The number of nitrogen functional groups attached to an aromatic ring is 1. The molecule has 5 nitrogen and oxygen atoms in total. The zero-order valence-electron chi connectivity index (χ0n) is 13.9. The molecule has 3 aromatic rings. The maximum Gasteiger partial charge on any atom is 0.189 e. The normalized spacial score (nSPS) is 12.9. The molecule has 1 aliphatic rings. The lowest BCUT2D eigenvalue weighted by Gasteiger charge is -2.08. The number of hydrogen-bond acceptors (Lipinski definition) is 5. The predicted octanol–water partition coefficient (Wildman–Crippen LogP) is 4.26. The van der Waals surface area contributed by atoms with Gasteiger partial charge in [0.25, 0.3) is 0 Å². The lowest BCUT2D eigenvalue weighted by molar-refractivity contribution is 1.32. The summed E-state index contributed by atoms with van der Waals surface area (Å²) < 4.78 is 0. The fourth-order valence-electron chi connectivity index (χ4n) is 2.91. The van der Waals surface area contributed by atoms with E-state index < -0.39 is 0 Å². The molecule has 4 N–H and O–H groups in total. The smallest absolute Gasteiger partial charge is 0.189 e. The Morgan fingerprint density at radius 3 is 2.60 bits per heavy atom. The molecule has 1 aliphatic heterocycles. The van der Waals surface area contributed by atoms with Crippen molar-refractivity contribution in [2.45, 2.75) is 13.8 Å². The van der Waals surface area contributed by atoms with Crippen molar-refractivity contribution in [3.05, 3.63) is 69.6 Å². The number of nitrogens with zero attached hydrogens (tertiary/aromatic N) is 2. The third-order valence-electron chi connectivity index (χ3n) is 4.34. The molecule has 0 aliphatic carbocycles. The third kappa shape index (κ3) is 2.60. The van der Waals surface area contributed by atoms with Crippen LogP contribution < -0.4 is 11.1 Å². The van der Waals surface area contributed by atoms with Crippen molar-refractivity contribution in [1.29, 1.82) is 5.41 Å². The summed E-state index contributed by atoms with van der Waals surface area (Å²) >= 11 is 1.46. The Hall–Kier alpha value is -2.99. The summed E-state index contributed by atoms with van der Waals surface area (Å²) in [7, 11) is 0. The molecule has 4 rings (SSSR count). The number of para-hydroxylation sites is 1. The van der Waals surface area contributed by atoms with Crippen molar-refractivity contribution in [3.8, 4) is 0 Å². The first-order chi connectivity index (χ1) is 12.0. The van der Waals surface area contributed by atoms with Gasteiger partial charge in [-0.15, -0.1) is 0 Å². The lowest BCUT2D eigenvalue weighted by Crippen LogP contribution is -2.05. The van der Waals surface area contributed by atoms with Crippen LogP contribution in [0.1, 0.15) is 27.1 Å². The first kappa shape index (κ1) is 15.5. The van der Waals surface area contributed by atoms with Crippen LogP contribution >= 0.6 is 11.3 Å². The van der Waals surface area contributed by atoms with Gasteiger partial charge in [-0.1, -0.05) is 41.7 Å². The second-order valence-corrected chi connectivity index (χ2v) is 6.96. The number of aryl methyl sites for hydroxylation is 1. The van der Waals surface area contributed by atoms with E-state index in [9.17, 15) is 0 Å².